The maximum atomic E-state index is 13.0. The molecule has 30 heavy (non-hydrogen) atoms. The number of aliphatic carboxylic acids is 1. The molecule has 0 saturated carbocycles. The third-order valence-corrected chi connectivity index (χ3v) is 5.61. The number of amides is 1. The van der Waals surface area contributed by atoms with Crippen LogP contribution in [0.3, 0.4) is 0 Å². The zero-order chi connectivity index (χ0) is 20.7. The second kappa shape index (κ2) is 7.22. The summed E-state index contributed by atoms with van der Waals surface area (Å²) in [5, 5.41) is 9.38. The van der Waals surface area contributed by atoms with Crippen LogP contribution in [0, 0.1) is 0 Å². The fraction of sp³-hybridized carbons (Fsp3) is 0.167. The molecule has 1 N–H and O–H groups in total. The van der Waals surface area contributed by atoms with Crippen LogP contribution in [0.4, 0.5) is 10.5 Å². The lowest BCUT2D eigenvalue weighted by atomic mass is 9.98. The lowest BCUT2D eigenvalue weighted by molar-refractivity contribution is -0.144. The number of fused-ring (bicyclic) bond motifs is 4. The molecule has 0 radical (unpaired) electrons. The predicted octanol–water partition coefficient (Wildman–Crippen LogP) is 4.29. The Balaban J connectivity index is 1.40. The average Bonchev–Trinajstić information content (AvgIpc) is 3.10. The third-order valence-electron chi connectivity index (χ3n) is 5.61. The van der Waals surface area contributed by atoms with Crippen LogP contribution in [0.25, 0.3) is 11.1 Å². The number of rotatable bonds is 3. The highest BCUT2D eigenvalue weighted by Crippen LogP contribution is 2.44. The second-order valence-electron chi connectivity index (χ2n) is 7.33. The Hall–Kier alpha value is -3.80. The van der Waals surface area contributed by atoms with Crippen molar-refractivity contribution in [2.24, 2.45) is 0 Å². The third kappa shape index (κ3) is 2.97. The van der Waals surface area contributed by atoms with Crippen molar-refractivity contribution in [2.45, 2.75) is 12.0 Å². The Morgan fingerprint density at radius 2 is 1.53 bits per heavy atom. The van der Waals surface area contributed by atoms with Gasteiger partial charge >= 0.3 is 12.1 Å². The van der Waals surface area contributed by atoms with E-state index in [-0.39, 0.29) is 19.1 Å². The molecule has 1 aliphatic heterocycles. The number of carbonyl (C=O) groups excluding carboxylic acids is 1. The maximum Gasteiger partial charge on any atom is 0.414 e. The monoisotopic (exact) mass is 401 g/mol. The van der Waals surface area contributed by atoms with E-state index in [4.69, 9.17) is 9.47 Å². The molecule has 0 spiro atoms. The fourth-order valence-corrected chi connectivity index (χ4v) is 4.21. The molecule has 6 heteroatoms. The van der Waals surface area contributed by atoms with Crippen molar-refractivity contribution in [3.05, 3.63) is 83.9 Å². The Labute approximate surface area is 173 Å². The average molecular weight is 401 g/mol. The lowest BCUT2D eigenvalue weighted by Gasteiger charge is -2.32. The van der Waals surface area contributed by atoms with Gasteiger partial charge < -0.3 is 14.6 Å². The van der Waals surface area contributed by atoms with Gasteiger partial charge in [0.1, 0.15) is 12.4 Å². The quantitative estimate of drug-likeness (QED) is 0.709. The minimum atomic E-state index is -1.14. The molecule has 1 atom stereocenters. The van der Waals surface area contributed by atoms with Crippen molar-refractivity contribution in [1.82, 2.24) is 0 Å². The Bertz CT molecular complexity index is 1100. The van der Waals surface area contributed by atoms with E-state index in [0.717, 1.165) is 22.3 Å². The lowest BCUT2D eigenvalue weighted by Crippen LogP contribution is -2.47. The van der Waals surface area contributed by atoms with Gasteiger partial charge in [0.2, 0.25) is 6.10 Å². The first kappa shape index (κ1) is 18.2. The highest BCUT2D eigenvalue weighted by molar-refractivity contribution is 5.92. The maximum absolute atomic E-state index is 13.0. The molecule has 150 valence electrons. The number of hydrogen-bond donors (Lipinski definition) is 1. The molecule has 1 unspecified atom stereocenters. The minimum Gasteiger partial charge on any atom is -0.478 e. The normalized spacial score (nSPS) is 16.8. The summed E-state index contributed by atoms with van der Waals surface area (Å²) in [6.45, 7) is 0.0626. The molecular formula is C24H19NO5. The van der Waals surface area contributed by atoms with Crippen LogP contribution in [-0.4, -0.2) is 36.4 Å². The van der Waals surface area contributed by atoms with Crippen LogP contribution in [-0.2, 0) is 9.53 Å². The summed E-state index contributed by atoms with van der Waals surface area (Å²) >= 11 is 0. The molecule has 2 aliphatic rings. The van der Waals surface area contributed by atoms with E-state index in [0.29, 0.717) is 11.4 Å². The second-order valence-corrected chi connectivity index (χ2v) is 7.33. The fourth-order valence-electron chi connectivity index (χ4n) is 4.21. The van der Waals surface area contributed by atoms with E-state index >= 15 is 0 Å². The van der Waals surface area contributed by atoms with Gasteiger partial charge in [-0.25, -0.2) is 9.59 Å². The van der Waals surface area contributed by atoms with Gasteiger partial charge in [-0.15, -0.1) is 0 Å². The minimum absolute atomic E-state index is 0.0621. The van der Waals surface area contributed by atoms with Crippen LogP contribution < -0.4 is 9.64 Å². The number of benzene rings is 3. The molecule has 6 nitrogen and oxygen atoms in total. The molecule has 0 aromatic heterocycles. The molecule has 1 aliphatic carbocycles. The number of ether oxygens (including phenoxy) is 2. The molecule has 3 aromatic rings. The highest BCUT2D eigenvalue weighted by Gasteiger charge is 2.35. The Morgan fingerprint density at radius 1 is 0.933 bits per heavy atom. The summed E-state index contributed by atoms with van der Waals surface area (Å²) in [6, 6.07) is 23.1. The number of carboxylic acids is 1. The molecule has 3 aromatic carbocycles. The molecular weight excluding hydrogens is 382 g/mol. The SMILES string of the molecule is O=C(O)C1CN(C(=O)OCC2c3ccccc3-c3ccccc32)c2ccccc2O1. The van der Waals surface area contributed by atoms with Crippen molar-refractivity contribution < 1.29 is 24.2 Å². The summed E-state index contributed by atoms with van der Waals surface area (Å²) in [5.41, 5.74) is 5.05. The van der Waals surface area contributed by atoms with E-state index in [1.165, 1.54) is 4.90 Å². The van der Waals surface area contributed by atoms with E-state index < -0.39 is 18.2 Å². The number of carboxylic acid groups (broad SMARTS) is 1. The highest BCUT2D eigenvalue weighted by atomic mass is 16.6. The van der Waals surface area contributed by atoms with Crippen LogP contribution >= 0.6 is 0 Å². The Morgan fingerprint density at radius 3 is 2.20 bits per heavy atom. The summed E-state index contributed by atoms with van der Waals surface area (Å²) < 4.78 is 11.2. The van der Waals surface area contributed by atoms with Crippen molar-refractivity contribution >= 4 is 17.7 Å². The smallest absolute Gasteiger partial charge is 0.414 e. The zero-order valence-electron chi connectivity index (χ0n) is 16.0. The van der Waals surface area contributed by atoms with Gasteiger partial charge in [-0.2, -0.15) is 0 Å². The van der Waals surface area contributed by atoms with E-state index in [2.05, 4.69) is 24.3 Å². The number of anilines is 1. The van der Waals surface area contributed by atoms with Crippen molar-refractivity contribution in [2.75, 3.05) is 18.1 Å². The van der Waals surface area contributed by atoms with Gasteiger partial charge in [-0.1, -0.05) is 60.7 Å². The number of nitrogens with zero attached hydrogens (tertiary/aromatic N) is 1. The van der Waals surface area contributed by atoms with Crippen molar-refractivity contribution in [3.8, 4) is 16.9 Å². The number of para-hydroxylation sites is 2. The first-order valence-corrected chi connectivity index (χ1v) is 9.74. The molecule has 0 bridgehead atoms. The first-order valence-electron chi connectivity index (χ1n) is 9.74. The van der Waals surface area contributed by atoms with E-state index in [9.17, 15) is 14.7 Å². The van der Waals surface area contributed by atoms with Gasteiger partial charge in [0.25, 0.3) is 0 Å². The van der Waals surface area contributed by atoms with Crippen LogP contribution in [0.2, 0.25) is 0 Å². The van der Waals surface area contributed by atoms with E-state index in [1.807, 2.05) is 24.3 Å². The van der Waals surface area contributed by atoms with Gasteiger partial charge in [-0.05, 0) is 34.4 Å². The predicted molar refractivity (Wildman–Crippen MR) is 111 cm³/mol. The first-order chi connectivity index (χ1) is 14.6. The van der Waals surface area contributed by atoms with Crippen molar-refractivity contribution in [3.63, 3.8) is 0 Å². The Kier molecular flexibility index (Phi) is 4.39. The van der Waals surface area contributed by atoms with Crippen LogP contribution in [0.15, 0.2) is 72.8 Å². The summed E-state index contributed by atoms with van der Waals surface area (Å²) in [5.74, 6) is -0.835. The molecule has 1 amide bonds. The zero-order valence-corrected chi connectivity index (χ0v) is 16.0. The van der Waals surface area contributed by atoms with Gasteiger partial charge in [0, 0.05) is 5.92 Å². The molecule has 5 rings (SSSR count). The van der Waals surface area contributed by atoms with E-state index in [1.54, 1.807) is 24.3 Å². The molecule has 0 fully saturated rings. The summed E-state index contributed by atoms with van der Waals surface area (Å²) in [4.78, 5) is 25.8. The van der Waals surface area contributed by atoms with Gasteiger partial charge in [0.05, 0.1) is 12.2 Å². The summed E-state index contributed by atoms with van der Waals surface area (Å²) in [7, 11) is 0. The standard InChI is InChI=1S/C24H19NO5/c26-23(27)22-13-25(20-11-5-6-12-21(20)30-22)24(28)29-14-19-17-9-3-1-7-15(17)16-8-2-4-10-18(16)19/h1-12,19,22H,13-14H2,(H,26,27). The molecule has 0 saturated heterocycles. The molecule has 1 heterocycles. The van der Waals surface area contributed by atoms with Crippen LogP contribution in [0.1, 0.15) is 17.0 Å². The van der Waals surface area contributed by atoms with Gasteiger partial charge in [0.15, 0.2) is 0 Å². The van der Waals surface area contributed by atoms with Crippen molar-refractivity contribution in [1.29, 1.82) is 0 Å². The van der Waals surface area contributed by atoms with Crippen LogP contribution in [0.5, 0.6) is 5.75 Å². The topological polar surface area (TPSA) is 76.1 Å². The summed E-state index contributed by atoms with van der Waals surface area (Å²) in [6.07, 6.45) is -1.72. The number of carbonyl (C=O) groups is 2. The number of hydrogen-bond acceptors (Lipinski definition) is 4. The van der Waals surface area contributed by atoms with Gasteiger partial charge in [-0.3, -0.25) is 4.90 Å². The largest absolute Gasteiger partial charge is 0.478 e.